The molecule has 0 aliphatic rings. The lowest BCUT2D eigenvalue weighted by molar-refractivity contribution is 0.679. The molecule has 0 aliphatic carbocycles. The summed E-state index contributed by atoms with van der Waals surface area (Å²) in [6, 6.07) is 18.9. The maximum absolute atomic E-state index is 3.49. The van der Waals surface area contributed by atoms with Gasteiger partial charge in [-0.2, -0.15) is 0 Å². The monoisotopic (exact) mass is 318 g/mol. The van der Waals surface area contributed by atoms with Gasteiger partial charge in [-0.25, -0.2) is 0 Å². The van der Waals surface area contributed by atoms with Crippen molar-refractivity contribution in [1.29, 1.82) is 0 Å². The number of rotatable bonds is 6. The van der Waals surface area contributed by atoms with E-state index in [4.69, 9.17) is 0 Å². The number of nitrogens with zero attached hydrogens (tertiary/aromatic N) is 1. The Kier molecular flexibility index (Phi) is 5.43. The second kappa shape index (κ2) is 7.31. The number of anilines is 1. The number of hydrogen-bond acceptors (Lipinski definition) is 2. The first kappa shape index (κ1) is 14.1. The highest BCUT2D eigenvalue weighted by atomic mass is 79.9. The van der Waals surface area contributed by atoms with Crippen molar-refractivity contribution in [3.8, 4) is 0 Å². The smallest absolute Gasteiger partial charge is 0.0364 e. The van der Waals surface area contributed by atoms with Gasteiger partial charge in [-0.15, -0.1) is 0 Å². The van der Waals surface area contributed by atoms with Crippen LogP contribution < -0.4 is 10.2 Å². The summed E-state index contributed by atoms with van der Waals surface area (Å²) >= 11 is 3.49. The Morgan fingerprint density at radius 3 is 2.58 bits per heavy atom. The van der Waals surface area contributed by atoms with Crippen molar-refractivity contribution in [2.45, 2.75) is 6.54 Å². The molecular weight excluding hydrogens is 300 g/mol. The first-order valence-electron chi connectivity index (χ1n) is 6.47. The zero-order valence-corrected chi connectivity index (χ0v) is 12.7. The molecule has 0 bridgehead atoms. The van der Waals surface area contributed by atoms with Crippen molar-refractivity contribution in [1.82, 2.24) is 5.32 Å². The van der Waals surface area contributed by atoms with Crippen LogP contribution in [0.2, 0.25) is 0 Å². The third-order valence-electron chi connectivity index (χ3n) is 3.04. The largest absolute Gasteiger partial charge is 0.373 e. The van der Waals surface area contributed by atoms with Crippen LogP contribution in [0.4, 0.5) is 5.69 Å². The SMILES string of the molecule is CN(CCNCc1cccc(Br)c1)c1ccccc1. The lowest BCUT2D eigenvalue weighted by Crippen LogP contribution is -2.28. The summed E-state index contributed by atoms with van der Waals surface area (Å²) in [6.45, 7) is 2.87. The van der Waals surface area contributed by atoms with Crippen LogP contribution in [-0.4, -0.2) is 20.1 Å². The molecule has 0 aromatic heterocycles. The van der Waals surface area contributed by atoms with Crippen LogP contribution >= 0.6 is 15.9 Å². The standard InChI is InChI=1S/C16H19BrN2/c1-19(16-8-3-2-4-9-16)11-10-18-13-14-6-5-7-15(17)12-14/h2-9,12,18H,10-11,13H2,1H3. The van der Waals surface area contributed by atoms with Crippen molar-refractivity contribution in [2.24, 2.45) is 0 Å². The van der Waals surface area contributed by atoms with E-state index in [1.165, 1.54) is 11.3 Å². The molecule has 2 nitrogen and oxygen atoms in total. The number of halogens is 1. The fraction of sp³-hybridized carbons (Fsp3) is 0.250. The molecule has 0 amide bonds. The number of likely N-dealkylation sites (N-methyl/N-ethyl adjacent to an activating group) is 1. The van der Waals surface area contributed by atoms with Gasteiger partial charge in [0.25, 0.3) is 0 Å². The fourth-order valence-corrected chi connectivity index (χ4v) is 2.38. The third kappa shape index (κ3) is 4.69. The third-order valence-corrected chi connectivity index (χ3v) is 3.53. The van der Waals surface area contributed by atoms with Gasteiger partial charge in [0, 0.05) is 36.8 Å². The maximum Gasteiger partial charge on any atom is 0.0364 e. The van der Waals surface area contributed by atoms with Crippen LogP contribution in [0.15, 0.2) is 59.1 Å². The van der Waals surface area contributed by atoms with E-state index < -0.39 is 0 Å². The van der Waals surface area contributed by atoms with Gasteiger partial charge < -0.3 is 10.2 Å². The summed E-state index contributed by atoms with van der Waals surface area (Å²) in [7, 11) is 2.12. The molecule has 0 spiro atoms. The van der Waals surface area contributed by atoms with E-state index in [1.807, 2.05) is 12.1 Å². The van der Waals surface area contributed by atoms with E-state index in [2.05, 4.69) is 75.7 Å². The number of para-hydroxylation sites is 1. The van der Waals surface area contributed by atoms with Crippen LogP contribution in [0, 0.1) is 0 Å². The lowest BCUT2D eigenvalue weighted by atomic mass is 10.2. The van der Waals surface area contributed by atoms with Crippen molar-refractivity contribution in [3.63, 3.8) is 0 Å². The molecule has 0 radical (unpaired) electrons. The van der Waals surface area contributed by atoms with Crippen molar-refractivity contribution < 1.29 is 0 Å². The predicted molar refractivity (Wildman–Crippen MR) is 85.6 cm³/mol. The summed E-state index contributed by atoms with van der Waals surface area (Å²) in [5, 5.41) is 3.47. The van der Waals surface area contributed by atoms with Crippen LogP contribution in [0.5, 0.6) is 0 Å². The second-order valence-corrected chi connectivity index (χ2v) is 5.48. The molecule has 19 heavy (non-hydrogen) atoms. The molecule has 100 valence electrons. The van der Waals surface area contributed by atoms with Gasteiger partial charge in [0.1, 0.15) is 0 Å². The van der Waals surface area contributed by atoms with E-state index in [9.17, 15) is 0 Å². The minimum atomic E-state index is 0.905. The molecule has 0 saturated heterocycles. The fourth-order valence-electron chi connectivity index (χ4n) is 1.94. The van der Waals surface area contributed by atoms with Gasteiger partial charge in [0.2, 0.25) is 0 Å². The van der Waals surface area contributed by atoms with Crippen LogP contribution in [-0.2, 0) is 6.54 Å². The van der Waals surface area contributed by atoms with E-state index in [0.717, 1.165) is 24.1 Å². The molecule has 2 aromatic rings. The minimum Gasteiger partial charge on any atom is -0.373 e. The molecule has 0 heterocycles. The molecular formula is C16H19BrN2. The molecule has 0 saturated carbocycles. The summed E-state index contributed by atoms with van der Waals surface area (Å²) in [6.07, 6.45) is 0. The Labute approximate surface area is 123 Å². The quantitative estimate of drug-likeness (QED) is 0.817. The second-order valence-electron chi connectivity index (χ2n) is 4.56. The van der Waals surface area contributed by atoms with Gasteiger partial charge in [-0.1, -0.05) is 46.3 Å². The van der Waals surface area contributed by atoms with E-state index in [0.29, 0.717) is 0 Å². The summed E-state index contributed by atoms with van der Waals surface area (Å²) in [5.41, 5.74) is 2.56. The Bertz CT molecular complexity index is 499. The van der Waals surface area contributed by atoms with Crippen LogP contribution in [0.3, 0.4) is 0 Å². The Balaban J connectivity index is 1.72. The van der Waals surface area contributed by atoms with Gasteiger partial charge >= 0.3 is 0 Å². The molecule has 0 aliphatic heterocycles. The zero-order valence-electron chi connectivity index (χ0n) is 11.1. The van der Waals surface area contributed by atoms with E-state index in [1.54, 1.807) is 0 Å². The predicted octanol–water partition coefficient (Wildman–Crippen LogP) is 3.68. The Hall–Kier alpha value is -1.32. The molecule has 1 N–H and O–H groups in total. The zero-order chi connectivity index (χ0) is 13.5. The van der Waals surface area contributed by atoms with E-state index in [-0.39, 0.29) is 0 Å². The van der Waals surface area contributed by atoms with Crippen molar-refractivity contribution in [3.05, 3.63) is 64.6 Å². The average Bonchev–Trinajstić information content (AvgIpc) is 2.44. The van der Waals surface area contributed by atoms with Gasteiger partial charge in [0.05, 0.1) is 0 Å². The Morgan fingerprint density at radius 1 is 1.05 bits per heavy atom. The Morgan fingerprint density at radius 2 is 1.84 bits per heavy atom. The van der Waals surface area contributed by atoms with Crippen LogP contribution in [0.1, 0.15) is 5.56 Å². The lowest BCUT2D eigenvalue weighted by Gasteiger charge is -2.19. The number of benzene rings is 2. The highest BCUT2D eigenvalue weighted by Crippen LogP contribution is 2.12. The topological polar surface area (TPSA) is 15.3 Å². The summed E-state index contributed by atoms with van der Waals surface area (Å²) in [4.78, 5) is 2.26. The first-order valence-corrected chi connectivity index (χ1v) is 7.26. The normalized spacial score (nSPS) is 10.4. The molecule has 0 atom stereocenters. The molecule has 0 fully saturated rings. The maximum atomic E-state index is 3.49. The molecule has 2 aromatic carbocycles. The molecule has 0 unspecified atom stereocenters. The van der Waals surface area contributed by atoms with E-state index >= 15 is 0 Å². The van der Waals surface area contributed by atoms with Gasteiger partial charge in [-0.05, 0) is 29.8 Å². The van der Waals surface area contributed by atoms with Crippen molar-refractivity contribution in [2.75, 3.05) is 25.0 Å². The number of hydrogen-bond donors (Lipinski definition) is 1. The van der Waals surface area contributed by atoms with Gasteiger partial charge in [0.15, 0.2) is 0 Å². The minimum absolute atomic E-state index is 0.905. The summed E-state index contributed by atoms with van der Waals surface area (Å²) in [5.74, 6) is 0. The number of nitrogens with one attached hydrogen (secondary N) is 1. The summed E-state index contributed by atoms with van der Waals surface area (Å²) < 4.78 is 1.13. The molecule has 3 heteroatoms. The average molecular weight is 319 g/mol. The molecule has 2 rings (SSSR count). The first-order chi connectivity index (χ1) is 9.25. The van der Waals surface area contributed by atoms with Gasteiger partial charge in [-0.3, -0.25) is 0 Å². The van der Waals surface area contributed by atoms with Crippen LogP contribution in [0.25, 0.3) is 0 Å². The van der Waals surface area contributed by atoms with Crippen molar-refractivity contribution >= 4 is 21.6 Å². The highest BCUT2D eigenvalue weighted by Gasteiger charge is 1.99. The highest BCUT2D eigenvalue weighted by molar-refractivity contribution is 9.10.